The van der Waals surface area contributed by atoms with Gasteiger partial charge in [-0.25, -0.2) is 8.78 Å². The van der Waals surface area contributed by atoms with Crippen LogP contribution in [0.3, 0.4) is 0 Å². The summed E-state index contributed by atoms with van der Waals surface area (Å²) in [5.41, 5.74) is 0.124. The number of amides is 1. The van der Waals surface area contributed by atoms with E-state index in [4.69, 9.17) is 5.84 Å². The summed E-state index contributed by atoms with van der Waals surface area (Å²) in [6.07, 6.45) is 3.99. The second-order valence-corrected chi connectivity index (χ2v) is 8.01. The lowest BCUT2D eigenvalue weighted by molar-refractivity contribution is -0.143. The maximum Gasteiger partial charge on any atom is 0.274 e. The molecule has 2 fully saturated rings. The lowest BCUT2D eigenvalue weighted by atomic mass is 9.73. The first-order valence-electron chi connectivity index (χ1n) is 9.87. The van der Waals surface area contributed by atoms with Crippen molar-refractivity contribution in [2.75, 3.05) is 13.6 Å². The molecule has 8 nitrogen and oxygen atoms in total. The number of piperazine rings is 1. The van der Waals surface area contributed by atoms with Crippen LogP contribution in [0.15, 0.2) is 51.5 Å². The Bertz CT molecular complexity index is 1050. The van der Waals surface area contributed by atoms with Crippen LogP contribution in [0.25, 0.3) is 0 Å². The van der Waals surface area contributed by atoms with Crippen molar-refractivity contribution in [1.29, 1.82) is 0 Å². The molecule has 1 aromatic carbocycles. The van der Waals surface area contributed by atoms with Crippen molar-refractivity contribution in [3.63, 3.8) is 0 Å². The van der Waals surface area contributed by atoms with Crippen LogP contribution in [0.5, 0.6) is 0 Å². The van der Waals surface area contributed by atoms with Crippen LogP contribution in [0.4, 0.5) is 8.78 Å². The van der Waals surface area contributed by atoms with Gasteiger partial charge in [-0.15, -0.1) is 0 Å². The van der Waals surface area contributed by atoms with E-state index in [1.165, 1.54) is 12.3 Å². The average Bonchev–Trinajstić information content (AvgIpc) is 2.71. The number of rotatable bonds is 4. The van der Waals surface area contributed by atoms with Gasteiger partial charge in [-0.2, -0.15) is 5.10 Å². The smallest absolute Gasteiger partial charge is 0.274 e. The Morgan fingerprint density at radius 2 is 2.13 bits per heavy atom. The van der Waals surface area contributed by atoms with E-state index in [0.717, 1.165) is 31.4 Å². The van der Waals surface area contributed by atoms with Crippen LogP contribution >= 0.6 is 0 Å². The lowest BCUT2D eigenvalue weighted by Gasteiger charge is -2.55. The predicted octanol–water partition coefficient (Wildman–Crippen LogP) is 1.57. The van der Waals surface area contributed by atoms with Gasteiger partial charge < -0.3 is 25.9 Å². The summed E-state index contributed by atoms with van der Waals surface area (Å²) in [5.74, 6) is 3.22. The van der Waals surface area contributed by atoms with E-state index >= 15 is 0 Å². The van der Waals surface area contributed by atoms with Gasteiger partial charge >= 0.3 is 0 Å². The molecule has 1 unspecified atom stereocenters. The number of fused-ring (bicyclic) bond motifs is 1. The van der Waals surface area contributed by atoms with E-state index in [-0.39, 0.29) is 40.5 Å². The largest absolute Gasteiger partial charge is 0.507 e. The molecule has 0 radical (unpaired) electrons. The lowest BCUT2D eigenvalue weighted by Crippen LogP contribution is -2.65. The topological polar surface area (TPSA) is 115 Å². The van der Waals surface area contributed by atoms with Gasteiger partial charge in [0, 0.05) is 43.2 Å². The third kappa shape index (κ3) is 3.46. The minimum absolute atomic E-state index is 0.0259. The fourth-order valence-electron chi connectivity index (χ4n) is 4.23. The zero-order chi connectivity index (χ0) is 22.3. The molecule has 4 N–H and O–H groups in total. The summed E-state index contributed by atoms with van der Waals surface area (Å²) in [5, 5.41) is 24.8. The molecule has 10 heteroatoms. The zero-order valence-electron chi connectivity index (χ0n) is 16.9. The number of hydrogen-bond donors (Lipinski definition) is 3. The van der Waals surface area contributed by atoms with Crippen LogP contribution in [0.1, 0.15) is 24.8 Å². The molecule has 3 aliphatic rings. The molecule has 1 amide bonds. The molecule has 2 heterocycles. The van der Waals surface area contributed by atoms with Crippen molar-refractivity contribution in [2.45, 2.75) is 37.5 Å². The number of aliphatic imine (C=N–C) groups is 1. The first-order chi connectivity index (χ1) is 14.8. The van der Waals surface area contributed by atoms with Crippen molar-refractivity contribution in [3.05, 3.63) is 58.6 Å². The number of carbonyl (C=O) groups excluding carboxylic acids is 1. The maximum atomic E-state index is 13.8. The number of likely N-dealkylation sites (N-methyl/N-ethyl adjacent to an activating group) is 1. The number of hydrazone groups is 1. The number of hydrogen-bond acceptors (Lipinski definition) is 7. The van der Waals surface area contributed by atoms with Gasteiger partial charge in [-0.05, 0) is 25.3 Å². The molecule has 1 spiro atoms. The Morgan fingerprint density at radius 3 is 2.74 bits per heavy atom. The van der Waals surface area contributed by atoms with Crippen LogP contribution < -0.4 is 5.84 Å². The Labute approximate surface area is 177 Å². The number of halogens is 2. The van der Waals surface area contributed by atoms with Gasteiger partial charge in [0.2, 0.25) is 0 Å². The second kappa shape index (κ2) is 7.77. The van der Waals surface area contributed by atoms with Crippen molar-refractivity contribution in [1.82, 2.24) is 9.80 Å². The maximum absolute atomic E-state index is 13.8. The van der Waals surface area contributed by atoms with Crippen LogP contribution in [-0.4, -0.2) is 63.1 Å². The zero-order valence-corrected chi connectivity index (χ0v) is 16.9. The van der Waals surface area contributed by atoms with E-state index in [2.05, 4.69) is 10.1 Å². The molecular formula is C21H23F2N5O3. The van der Waals surface area contributed by atoms with E-state index in [9.17, 15) is 23.8 Å². The molecule has 1 saturated carbocycles. The van der Waals surface area contributed by atoms with Crippen LogP contribution in [-0.2, 0) is 11.3 Å². The first kappa shape index (κ1) is 21.0. The minimum atomic E-state index is -1.52. The predicted molar refractivity (Wildman–Crippen MR) is 110 cm³/mol. The van der Waals surface area contributed by atoms with Crippen LogP contribution in [0.2, 0.25) is 0 Å². The molecular weight excluding hydrogens is 408 g/mol. The summed E-state index contributed by atoms with van der Waals surface area (Å²) >= 11 is 0. The third-order valence-electron chi connectivity index (χ3n) is 6.27. The summed E-state index contributed by atoms with van der Waals surface area (Å²) in [4.78, 5) is 20.2. The third-order valence-corrected chi connectivity index (χ3v) is 6.27. The molecule has 4 rings (SSSR count). The number of nitrogens with zero attached hydrogens (tertiary/aromatic N) is 4. The molecule has 31 heavy (non-hydrogen) atoms. The van der Waals surface area contributed by atoms with Gasteiger partial charge in [0.15, 0.2) is 5.76 Å². The van der Waals surface area contributed by atoms with Gasteiger partial charge in [0.1, 0.15) is 29.1 Å². The second-order valence-electron chi connectivity index (χ2n) is 8.01. The van der Waals surface area contributed by atoms with Crippen LogP contribution in [0, 0.1) is 11.6 Å². The molecule has 1 atom stereocenters. The number of aliphatic hydroxyl groups excluding tert-OH is 2. The minimum Gasteiger partial charge on any atom is -0.507 e. The Morgan fingerprint density at radius 1 is 1.39 bits per heavy atom. The normalized spacial score (nSPS) is 23.4. The van der Waals surface area contributed by atoms with Crippen molar-refractivity contribution in [3.8, 4) is 0 Å². The van der Waals surface area contributed by atoms with Gasteiger partial charge in [-0.3, -0.25) is 9.79 Å². The Balaban J connectivity index is 1.58. The molecule has 1 aromatic rings. The van der Waals surface area contributed by atoms with Gasteiger partial charge in [-0.1, -0.05) is 6.07 Å². The average molecular weight is 431 g/mol. The first-order valence-corrected chi connectivity index (χ1v) is 9.87. The van der Waals surface area contributed by atoms with Crippen molar-refractivity contribution < 1.29 is 23.8 Å². The molecule has 1 aliphatic carbocycles. The quantitative estimate of drug-likeness (QED) is 0.380. The number of carbonyl (C=O) groups is 1. The van der Waals surface area contributed by atoms with Gasteiger partial charge in [0.25, 0.3) is 5.91 Å². The fraction of sp³-hybridized carbons (Fsp3) is 0.381. The monoisotopic (exact) mass is 431 g/mol. The summed E-state index contributed by atoms with van der Waals surface area (Å²) in [6, 6.07) is 3.18. The molecule has 2 aliphatic heterocycles. The number of benzene rings is 1. The SMILES string of the molecule is CN1C(=O)C2=C(O)C(O)C(C(C=NCc3ccc(F)cc3F)=NN)=CN2CC12CCC2. The van der Waals surface area contributed by atoms with Crippen molar-refractivity contribution in [2.24, 2.45) is 15.9 Å². The highest BCUT2D eigenvalue weighted by molar-refractivity contribution is 6.38. The molecule has 1 saturated heterocycles. The van der Waals surface area contributed by atoms with E-state index in [0.29, 0.717) is 6.54 Å². The van der Waals surface area contributed by atoms with E-state index < -0.39 is 23.5 Å². The molecule has 164 valence electrons. The highest BCUT2D eigenvalue weighted by Crippen LogP contribution is 2.44. The Hall–Kier alpha value is -3.27. The standard InChI is InChI=1S/C21H23F2N5O3/c1-27-20(31)17-19(30)18(29)14(10-28(17)11-21(27)5-2-6-21)16(26-24)9-25-8-12-3-4-13(22)7-15(12)23/h3-4,7,9-10,18,29-30H,2,5-6,8,11,24H2,1H3. The summed E-state index contributed by atoms with van der Waals surface area (Å²) in [6.45, 7) is 0.373. The van der Waals surface area contributed by atoms with E-state index in [1.54, 1.807) is 23.0 Å². The highest BCUT2D eigenvalue weighted by atomic mass is 19.1. The van der Waals surface area contributed by atoms with Gasteiger partial charge in [0.05, 0.1) is 12.1 Å². The Kier molecular flexibility index (Phi) is 5.26. The van der Waals surface area contributed by atoms with E-state index in [1.807, 2.05) is 0 Å². The number of nitrogens with two attached hydrogens (primary N) is 1. The molecule has 0 aromatic heterocycles. The number of aliphatic hydroxyl groups is 2. The highest BCUT2D eigenvalue weighted by Gasteiger charge is 2.51. The fourth-order valence-corrected chi connectivity index (χ4v) is 4.23. The molecule has 0 bridgehead atoms. The summed E-state index contributed by atoms with van der Waals surface area (Å²) in [7, 11) is 1.71. The van der Waals surface area contributed by atoms with Crippen molar-refractivity contribution >= 4 is 17.8 Å². The summed E-state index contributed by atoms with van der Waals surface area (Å²) < 4.78 is 26.8.